The molecule has 0 heterocycles. The van der Waals surface area contributed by atoms with Crippen molar-refractivity contribution in [1.82, 2.24) is 5.32 Å². The van der Waals surface area contributed by atoms with Gasteiger partial charge in [0, 0.05) is 18.7 Å². The predicted octanol–water partition coefficient (Wildman–Crippen LogP) is 6.00. The third-order valence-corrected chi connectivity index (χ3v) is 5.70. The molecule has 3 rings (SSSR count). The Morgan fingerprint density at radius 2 is 1.33 bits per heavy atom. The molecule has 4 nitrogen and oxygen atoms in total. The lowest BCUT2D eigenvalue weighted by atomic mass is 9.89. The van der Waals surface area contributed by atoms with Crippen molar-refractivity contribution in [2.75, 3.05) is 11.9 Å². The zero-order valence-electron chi connectivity index (χ0n) is 18.4. The molecule has 0 unspecified atom stereocenters. The van der Waals surface area contributed by atoms with Gasteiger partial charge in [-0.15, -0.1) is 0 Å². The maximum absolute atomic E-state index is 13.8. The first-order valence-corrected chi connectivity index (χ1v) is 10.7. The molecule has 0 aliphatic heterocycles. The van der Waals surface area contributed by atoms with Crippen LogP contribution in [-0.2, 0) is 29.3 Å². The Bertz CT molecular complexity index is 1040. The molecule has 0 bridgehead atoms. The molecule has 2 aromatic carbocycles. The van der Waals surface area contributed by atoms with Crippen molar-refractivity contribution in [2.45, 2.75) is 49.9 Å². The van der Waals surface area contributed by atoms with E-state index in [-0.39, 0.29) is 36.3 Å². The molecule has 1 fully saturated rings. The molecule has 0 spiro atoms. The Labute approximate surface area is 199 Å². The van der Waals surface area contributed by atoms with Crippen LogP contribution in [0, 0.1) is 5.92 Å². The zero-order valence-corrected chi connectivity index (χ0v) is 18.4. The summed E-state index contributed by atoms with van der Waals surface area (Å²) in [5, 5.41) is 15.3. The zero-order chi connectivity index (χ0) is 26.9. The second-order valence-corrected chi connectivity index (χ2v) is 8.63. The minimum absolute atomic E-state index is 0.00810. The molecular formula is C23H21F9N2O2. The molecule has 1 atom stereocenters. The van der Waals surface area contributed by atoms with Gasteiger partial charge in [-0.2, -0.15) is 39.5 Å². The monoisotopic (exact) mass is 528 g/mol. The first-order valence-electron chi connectivity index (χ1n) is 10.7. The highest BCUT2D eigenvalue weighted by Crippen LogP contribution is 2.44. The van der Waals surface area contributed by atoms with Crippen LogP contribution in [0.1, 0.15) is 41.5 Å². The van der Waals surface area contributed by atoms with Crippen LogP contribution in [0.3, 0.4) is 0 Å². The summed E-state index contributed by atoms with van der Waals surface area (Å²) in [5.41, 5.74) is -9.05. The van der Waals surface area contributed by atoms with Gasteiger partial charge in [0.15, 0.2) is 0 Å². The number of hydrogen-bond donors (Lipinski definition) is 3. The first kappa shape index (κ1) is 27.6. The third kappa shape index (κ3) is 6.83. The molecular weight excluding hydrogens is 507 g/mol. The Hall–Kier alpha value is -2.96. The van der Waals surface area contributed by atoms with Crippen molar-refractivity contribution in [1.29, 1.82) is 0 Å². The molecule has 1 saturated carbocycles. The van der Waals surface area contributed by atoms with Gasteiger partial charge in [0.1, 0.15) is 0 Å². The summed E-state index contributed by atoms with van der Waals surface area (Å²) in [6, 6.07) is 4.88. The number of carbonyl (C=O) groups is 1. The SMILES string of the molecule is O=C(CC1CC1)NCc1ccc(NC[C@](O)(c2cc(C(F)(F)F)cc(C(F)(F)F)c2)C(F)(F)F)cc1. The van der Waals surface area contributed by atoms with Crippen LogP contribution in [0.2, 0.25) is 0 Å². The summed E-state index contributed by atoms with van der Waals surface area (Å²) in [7, 11) is 0. The van der Waals surface area contributed by atoms with E-state index in [0.717, 1.165) is 12.8 Å². The van der Waals surface area contributed by atoms with E-state index in [9.17, 15) is 49.4 Å². The van der Waals surface area contributed by atoms with Gasteiger partial charge in [-0.25, -0.2) is 0 Å². The van der Waals surface area contributed by atoms with Crippen molar-refractivity contribution in [3.63, 3.8) is 0 Å². The van der Waals surface area contributed by atoms with Gasteiger partial charge in [-0.1, -0.05) is 12.1 Å². The molecule has 3 N–H and O–H groups in total. The first-order chi connectivity index (χ1) is 16.5. The molecule has 198 valence electrons. The number of aliphatic hydroxyl groups is 1. The fourth-order valence-electron chi connectivity index (χ4n) is 3.39. The average Bonchev–Trinajstić information content (AvgIpc) is 3.58. The van der Waals surface area contributed by atoms with Crippen LogP contribution < -0.4 is 10.6 Å². The molecule has 0 radical (unpaired) electrons. The van der Waals surface area contributed by atoms with E-state index < -0.39 is 47.4 Å². The standard InChI is InChI=1S/C23H21F9N2O2/c24-21(25,26)16-8-15(9-17(10-16)22(27,28)29)20(36,23(30,31)32)12-34-18-5-3-14(4-6-18)11-33-19(35)7-13-1-2-13/h3-6,8-10,13,34,36H,1-2,7,11-12H2,(H,33,35)/t20-/m0/s1. The fourth-order valence-corrected chi connectivity index (χ4v) is 3.39. The van der Waals surface area contributed by atoms with Crippen LogP contribution in [0.4, 0.5) is 45.2 Å². The van der Waals surface area contributed by atoms with Crippen molar-refractivity contribution in [3.05, 3.63) is 64.7 Å². The highest BCUT2D eigenvalue weighted by atomic mass is 19.4. The maximum Gasteiger partial charge on any atom is 0.423 e. The molecule has 13 heteroatoms. The average molecular weight is 528 g/mol. The van der Waals surface area contributed by atoms with E-state index in [2.05, 4.69) is 10.6 Å². The van der Waals surface area contributed by atoms with Gasteiger partial charge in [0.2, 0.25) is 11.5 Å². The van der Waals surface area contributed by atoms with Gasteiger partial charge in [0.05, 0.1) is 17.7 Å². The number of halogens is 9. The topological polar surface area (TPSA) is 61.4 Å². The fraction of sp³-hybridized carbons (Fsp3) is 0.435. The van der Waals surface area contributed by atoms with Crippen molar-refractivity contribution < 1.29 is 49.4 Å². The van der Waals surface area contributed by atoms with Gasteiger partial charge in [-0.05, 0) is 60.2 Å². The summed E-state index contributed by atoms with van der Waals surface area (Å²) in [6.07, 6.45) is -14.0. The van der Waals surface area contributed by atoms with Gasteiger partial charge < -0.3 is 15.7 Å². The van der Waals surface area contributed by atoms with Gasteiger partial charge in [-0.3, -0.25) is 4.79 Å². The lowest BCUT2D eigenvalue weighted by molar-refractivity contribution is -0.261. The van der Waals surface area contributed by atoms with E-state index >= 15 is 0 Å². The molecule has 2 aromatic rings. The number of rotatable bonds is 8. The smallest absolute Gasteiger partial charge is 0.381 e. The summed E-state index contributed by atoms with van der Waals surface area (Å²) in [4.78, 5) is 11.7. The van der Waals surface area contributed by atoms with E-state index in [4.69, 9.17) is 0 Å². The molecule has 0 aromatic heterocycles. The summed E-state index contributed by atoms with van der Waals surface area (Å²) in [6.45, 7) is -1.31. The van der Waals surface area contributed by atoms with Crippen LogP contribution in [0.25, 0.3) is 0 Å². The van der Waals surface area contributed by atoms with E-state index in [1.165, 1.54) is 24.3 Å². The summed E-state index contributed by atoms with van der Waals surface area (Å²) < 4.78 is 120. The Kier molecular flexibility index (Phi) is 7.54. The highest BCUT2D eigenvalue weighted by molar-refractivity contribution is 5.76. The normalized spacial score (nSPS) is 16.4. The number of anilines is 1. The molecule has 1 aliphatic carbocycles. The Balaban J connectivity index is 1.80. The number of amides is 1. The third-order valence-electron chi connectivity index (χ3n) is 5.70. The number of benzene rings is 2. The Morgan fingerprint density at radius 1 is 0.833 bits per heavy atom. The Morgan fingerprint density at radius 3 is 1.78 bits per heavy atom. The lowest BCUT2D eigenvalue weighted by Gasteiger charge is -2.32. The van der Waals surface area contributed by atoms with Crippen molar-refractivity contribution >= 4 is 11.6 Å². The second-order valence-electron chi connectivity index (χ2n) is 8.63. The minimum Gasteiger partial charge on any atom is -0.381 e. The molecule has 1 aliphatic rings. The maximum atomic E-state index is 13.8. The van der Waals surface area contributed by atoms with Crippen molar-refractivity contribution in [3.8, 4) is 0 Å². The van der Waals surface area contributed by atoms with E-state index in [0.29, 0.717) is 17.9 Å². The lowest BCUT2D eigenvalue weighted by Crippen LogP contribution is -2.48. The van der Waals surface area contributed by atoms with E-state index in [1.807, 2.05) is 0 Å². The molecule has 36 heavy (non-hydrogen) atoms. The van der Waals surface area contributed by atoms with Crippen molar-refractivity contribution in [2.24, 2.45) is 5.92 Å². The number of hydrogen-bond acceptors (Lipinski definition) is 3. The molecule has 0 saturated heterocycles. The van der Waals surface area contributed by atoms with Gasteiger partial charge >= 0.3 is 18.5 Å². The second kappa shape index (κ2) is 9.83. The quantitative estimate of drug-likeness (QED) is 0.369. The predicted molar refractivity (Wildman–Crippen MR) is 111 cm³/mol. The van der Waals surface area contributed by atoms with E-state index in [1.54, 1.807) is 0 Å². The number of carbonyl (C=O) groups excluding carboxylic acids is 1. The number of alkyl halides is 9. The number of nitrogens with one attached hydrogen (secondary N) is 2. The van der Waals surface area contributed by atoms with Gasteiger partial charge in [0.25, 0.3) is 0 Å². The molecule has 1 amide bonds. The van der Waals surface area contributed by atoms with Crippen LogP contribution in [0.15, 0.2) is 42.5 Å². The highest BCUT2D eigenvalue weighted by Gasteiger charge is 2.56. The summed E-state index contributed by atoms with van der Waals surface area (Å²) >= 11 is 0. The van der Waals surface area contributed by atoms with Crippen LogP contribution >= 0.6 is 0 Å². The minimum atomic E-state index is -5.63. The van der Waals surface area contributed by atoms with Crippen LogP contribution in [-0.4, -0.2) is 23.7 Å². The summed E-state index contributed by atoms with van der Waals surface area (Å²) in [5.74, 6) is 0.238. The van der Waals surface area contributed by atoms with Crippen LogP contribution in [0.5, 0.6) is 0 Å². The largest absolute Gasteiger partial charge is 0.423 e.